The van der Waals surface area contributed by atoms with E-state index in [1.165, 1.54) is 5.56 Å². The van der Waals surface area contributed by atoms with Crippen molar-refractivity contribution in [3.05, 3.63) is 53.6 Å². The van der Waals surface area contributed by atoms with Crippen molar-refractivity contribution in [2.75, 3.05) is 20.3 Å². The number of ether oxygens (including phenoxy) is 3. The normalized spacial score (nSPS) is 11.5. The van der Waals surface area contributed by atoms with Gasteiger partial charge in [-0.05, 0) is 44.0 Å². The first-order valence-corrected chi connectivity index (χ1v) is 8.82. The Morgan fingerprint density at radius 1 is 1.12 bits per heavy atom. The van der Waals surface area contributed by atoms with Gasteiger partial charge in [-0.2, -0.15) is 0 Å². The van der Waals surface area contributed by atoms with Crippen molar-refractivity contribution in [2.24, 2.45) is 0 Å². The molecule has 5 nitrogen and oxygen atoms in total. The van der Waals surface area contributed by atoms with Crippen LogP contribution in [0.5, 0.6) is 17.2 Å². The van der Waals surface area contributed by atoms with E-state index in [1.807, 2.05) is 51.1 Å². The lowest BCUT2D eigenvalue weighted by atomic mass is 10.1. The molecule has 0 saturated carbocycles. The number of methoxy groups -OCH3 is 1. The third kappa shape index (κ3) is 5.69. The number of aryl methyl sites for hydroxylation is 2. The van der Waals surface area contributed by atoms with E-state index in [1.54, 1.807) is 13.2 Å². The third-order valence-corrected chi connectivity index (χ3v) is 3.97. The molecular formula is C21H27NO4. The van der Waals surface area contributed by atoms with Crippen LogP contribution in [-0.4, -0.2) is 32.3 Å². The van der Waals surface area contributed by atoms with Gasteiger partial charge in [0, 0.05) is 6.07 Å². The predicted molar refractivity (Wildman–Crippen MR) is 102 cm³/mol. The molecule has 5 heteroatoms. The second kappa shape index (κ2) is 9.70. The summed E-state index contributed by atoms with van der Waals surface area (Å²) in [5, 5.41) is 2.86. The van der Waals surface area contributed by atoms with E-state index >= 15 is 0 Å². The van der Waals surface area contributed by atoms with Gasteiger partial charge in [-0.1, -0.05) is 30.7 Å². The lowest BCUT2D eigenvalue weighted by molar-refractivity contribution is -0.128. The highest BCUT2D eigenvalue weighted by atomic mass is 16.5. The zero-order chi connectivity index (χ0) is 18.9. The molecule has 1 atom stereocenters. The van der Waals surface area contributed by atoms with Crippen LogP contribution < -0.4 is 19.5 Å². The zero-order valence-corrected chi connectivity index (χ0v) is 15.9. The molecule has 26 heavy (non-hydrogen) atoms. The molecule has 0 heterocycles. The maximum absolute atomic E-state index is 12.3. The van der Waals surface area contributed by atoms with E-state index in [2.05, 4.69) is 11.4 Å². The van der Waals surface area contributed by atoms with Gasteiger partial charge >= 0.3 is 0 Å². The lowest BCUT2D eigenvalue weighted by Crippen LogP contribution is -2.39. The van der Waals surface area contributed by atoms with Crippen LogP contribution >= 0.6 is 0 Å². The highest BCUT2D eigenvalue weighted by Crippen LogP contribution is 2.21. The van der Waals surface area contributed by atoms with Gasteiger partial charge in [0.1, 0.15) is 23.9 Å². The molecule has 0 aromatic heterocycles. The molecule has 0 unspecified atom stereocenters. The Morgan fingerprint density at radius 2 is 1.88 bits per heavy atom. The van der Waals surface area contributed by atoms with Crippen molar-refractivity contribution >= 4 is 5.91 Å². The summed E-state index contributed by atoms with van der Waals surface area (Å²) in [4.78, 5) is 12.3. The molecule has 0 fully saturated rings. The zero-order valence-electron chi connectivity index (χ0n) is 15.9. The molecule has 0 spiro atoms. The molecule has 1 N–H and O–H groups in total. The smallest absolute Gasteiger partial charge is 0.261 e. The summed E-state index contributed by atoms with van der Waals surface area (Å²) in [6, 6.07) is 13.3. The van der Waals surface area contributed by atoms with Gasteiger partial charge < -0.3 is 19.5 Å². The fourth-order valence-corrected chi connectivity index (χ4v) is 2.57. The number of nitrogens with one attached hydrogen (secondary N) is 1. The van der Waals surface area contributed by atoms with Crippen LogP contribution in [0.4, 0.5) is 0 Å². The Kier molecular flexibility index (Phi) is 7.33. The molecular weight excluding hydrogens is 330 g/mol. The van der Waals surface area contributed by atoms with Gasteiger partial charge in [-0.25, -0.2) is 0 Å². The Hall–Kier alpha value is -2.69. The Balaban J connectivity index is 1.81. The largest absolute Gasteiger partial charge is 0.497 e. The summed E-state index contributed by atoms with van der Waals surface area (Å²) < 4.78 is 16.7. The molecule has 0 radical (unpaired) electrons. The Morgan fingerprint density at radius 3 is 2.58 bits per heavy atom. The van der Waals surface area contributed by atoms with E-state index in [-0.39, 0.29) is 5.91 Å². The molecule has 0 aliphatic carbocycles. The number of rotatable bonds is 9. The lowest BCUT2D eigenvalue weighted by Gasteiger charge is -2.18. The van der Waals surface area contributed by atoms with Crippen molar-refractivity contribution in [1.82, 2.24) is 5.32 Å². The summed E-state index contributed by atoms with van der Waals surface area (Å²) in [5.74, 6) is 1.99. The summed E-state index contributed by atoms with van der Waals surface area (Å²) in [6.45, 7) is 6.80. The van der Waals surface area contributed by atoms with E-state index in [9.17, 15) is 4.79 Å². The van der Waals surface area contributed by atoms with Crippen molar-refractivity contribution in [3.63, 3.8) is 0 Å². The standard InChI is InChI=1S/C21H27NO4/c1-5-19(26-18-8-6-7-17(14-18)24-4)21(23)22-11-12-25-20-10-9-15(2)13-16(20)3/h6-10,13-14,19H,5,11-12H2,1-4H3,(H,22,23)/t19-/m0/s1. The number of amides is 1. The Bertz CT molecular complexity index is 730. The maximum atomic E-state index is 12.3. The molecule has 140 valence electrons. The van der Waals surface area contributed by atoms with Gasteiger partial charge in [0.2, 0.25) is 0 Å². The van der Waals surface area contributed by atoms with E-state index in [0.29, 0.717) is 31.1 Å². The van der Waals surface area contributed by atoms with Crippen LogP contribution in [0.1, 0.15) is 24.5 Å². The topological polar surface area (TPSA) is 56.8 Å². The number of carbonyl (C=O) groups excluding carboxylic acids is 1. The van der Waals surface area contributed by atoms with Crippen LogP contribution in [0, 0.1) is 13.8 Å². The maximum Gasteiger partial charge on any atom is 0.261 e. The fraction of sp³-hybridized carbons (Fsp3) is 0.381. The van der Waals surface area contributed by atoms with Crippen LogP contribution in [0.15, 0.2) is 42.5 Å². The number of hydrogen-bond acceptors (Lipinski definition) is 4. The molecule has 2 aromatic rings. The molecule has 0 saturated heterocycles. The van der Waals surface area contributed by atoms with E-state index < -0.39 is 6.10 Å². The highest BCUT2D eigenvalue weighted by molar-refractivity contribution is 5.81. The third-order valence-electron chi connectivity index (χ3n) is 3.97. The predicted octanol–water partition coefficient (Wildman–Crippen LogP) is 3.66. The first-order chi connectivity index (χ1) is 12.5. The fourth-order valence-electron chi connectivity index (χ4n) is 2.57. The van der Waals surface area contributed by atoms with Crippen molar-refractivity contribution in [1.29, 1.82) is 0 Å². The molecule has 0 aliphatic heterocycles. The molecule has 2 rings (SSSR count). The van der Waals surface area contributed by atoms with Crippen LogP contribution in [0.2, 0.25) is 0 Å². The molecule has 0 aliphatic rings. The Labute approximate surface area is 155 Å². The van der Waals surface area contributed by atoms with Crippen molar-refractivity contribution in [3.8, 4) is 17.2 Å². The minimum absolute atomic E-state index is 0.153. The summed E-state index contributed by atoms with van der Waals surface area (Å²) in [6.07, 6.45) is 0.0178. The molecule has 2 aromatic carbocycles. The number of benzene rings is 2. The van der Waals surface area contributed by atoms with Gasteiger partial charge in [-0.15, -0.1) is 0 Å². The second-order valence-corrected chi connectivity index (χ2v) is 6.10. The first kappa shape index (κ1) is 19.6. The second-order valence-electron chi connectivity index (χ2n) is 6.10. The average molecular weight is 357 g/mol. The SMILES string of the molecule is CC[C@H](Oc1cccc(OC)c1)C(=O)NCCOc1ccc(C)cc1C. The van der Waals surface area contributed by atoms with Crippen molar-refractivity contribution < 1.29 is 19.0 Å². The van der Waals surface area contributed by atoms with Gasteiger partial charge in [-0.3, -0.25) is 4.79 Å². The minimum Gasteiger partial charge on any atom is -0.497 e. The van der Waals surface area contributed by atoms with Crippen molar-refractivity contribution in [2.45, 2.75) is 33.3 Å². The first-order valence-electron chi connectivity index (χ1n) is 8.82. The van der Waals surface area contributed by atoms with Crippen LogP contribution in [0.25, 0.3) is 0 Å². The van der Waals surface area contributed by atoms with Gasteiger partial charge in [0.05, 0.1) is 13.7 Å². The van der Waals surface area contributed by atoms with Gasteiger partial charge in [0.15, 0.2) is 6.10 Å². The van der Waals surface area contributed by atoms with E-state index in [0.717, 1.165) is 11.3 Å². The summed E-state index contributed by atoms with van der Waals surface area (Å²) in [5.41, 5.74) is 2.28. The quantitative estimate of drug-likeness (QED) is 0.696. The minimum atomic E-state index is -0.553. The molecule has 0 bridgehead atoms. The number of hydrogen-bond donors (Lipinski definition) is 1. The summed E-state index contributed by atoms with van der Waals surface area (Å²) in [7, 11) is 1.60. The summed E-state index contributed by atoms with van der Waals surface area (Å²) >= 11 is 0. The number of carbonyl (C=O) groups is 1. The highest BCUT2D eigenvalue weighted by Gasteiger charge is 2.18. The van der Waals surface area contributed by atoms with Crippen LogP contribution in [-0.2, 0) is 4.79 Å². The average Bonchev–Trinajstić information content (AvgIpc) is 2.64. The van der Waals surface area contributed by atoms with E-state index in [4.69, 9.17) is 14.2 Å². The monoisotopic (exact) mass is 357 g/mol. The molecule has 1 amide bonds. The van der Waals surface area contributed by atoms with Crippen LogP contribution in [0.3, 0.4) is 0 Å². The van der Waals surface area contributed by atoms with Gasteiger partial charge in [0.25, 0.3) is 5.91 Å².